The van der Waals surface area contributed by atoms with Crippen LogP contribution in [0.25, 0.3) is 0 Å². The van der Waals surface area contributed by atoms with Gasteiger partial charge >= 0.3 is 0 Å². The number of nitrogens with zero attached hydrogens (tertiary/aromatic N) is 1. The minimum Gasteiger partial charge on any atom is -0.481 e. The number of carbonyl (C=O) groups excluding carboxylic acids is 3. The lowest BCUT2D eigenvalue weighted by Crippen LogP contribution is -2.51. The maximum atomic E-state index is 13.0. The van der Waals surface area contributed by atoms with Crippen LogP contribution < -0.4 is 10.2 Å². The van der Waals surface area contributed by atoms with Crippen LogP contribution in [-0.4, -0.2) is 28.8 Å². The number of rotatable bonds is 4. The Hall–Kier alpha value is -2.63. The molecule has 5 atom stereocenters. The van der Waals surface area contributed by atoms with Crippen molar-refractivity contribution in [2.24, 2.45) is 23.7 Å². The third kappa shape index (κ3) is 3.15. The number of amides is 3. The Morgan fingerprint density at radius 3 is 2.03 bits per heavy atom. The molecule has 1 heterocycles. The second-order valence-electron chi connectivity index (χ2n) is 8.87. The molecule has 2 aliphatic carbocycles. The predicted molar refractivity (Wildman–Crippen MR) is 108 cm³/mol. The van der Waals surface area contributed by atoms with Crippen LogP contribution in [0.2, 0.25) is 0 Å². The van der Waals surface area contributed by atoms with Crippen molar-refractivity contribution in [2.75, 3.05) is 0 Å². The molecule has 0 unspecified atom stereocenters. The van der Waals surface area contributed by atoms with Gasteiger partial charge in [0.05, 0.1) is 11.8 Å². The number of benzene rings is 1. The number of carbonyl (C=O) groups is 3. The molecule has 1 aromatic carbocycles. The molecule has 2 bridgehead atoms. The first-order valence-corrected chi connectivity index (χ1v) is 10.3. The molecule has 1 aliphatic heterocycles. The van der Waals surface area contributed by atoms with E-state index >= 15 is 0 Å². The number of ether oxygens (including phenoxy) is 1. The van der Waals surface area contributed by atoms with E-state index in [0.29, 0.717) is 5.75 Å². The monoisotopic (exact) mass is 396 g/mol. The minimum atomic E-state index is -0.831. The first kappa shape index (κ1) is 19.7. The van der Waals surface area contributed by atoms with Crippen molar-refractivity contribution in [3.63, 3.8) is 0 Å². The van der Waals surface area contributed by atoms with Crippen LogP contribution in [-0.2, 0) is 14.4 Å². The first-order chi connectivity index (χ1) is 13.7. The second-order valence-corrected chi connectivity index (χ2v) is 8.87. The van der Waals surface area contributed by atoms with E-state index < -0.39 is 12.0 Å². The number of fused-ring (bicyclic) bond motifs is 5. The van der Waals surface area contributed by atoms with E-state index in [1.807, 2.05) is 32.0 Å². The Kier molecular flexibility index (Phi) is 4.75. The van der Waals surface area contributed by atoms with Crippen LogP contribution in [0, 0.1) is 37.5 Å². The van der Waals surface area contributed by atoms with Gasteiger partial charge in [-0.3, -0.25) is 19.8 Å². The third-order valence-corrected chi connectivity index (χ3v) is 6.53. The third-order valence-electron chi connectivity index (χ3n) is 6.53. The van der Waals surface area contributed by atoms with Gasteiger partial charge in [-0.2, -0.15) is 5.01 Å². The van der Waals surface area contributed by atoms with Gasteiger partial charge in [-0.1, -0.05) is 17.2 Å². The second kappa shape index (κ2) is 7.01. The summed E-state index contributed by atoms with van der Waals surface area (Å²) < 4.78 is 5.75. The molecule has 3 aliphatic rings. The number of aryl methyl sites for hydroxylation is 2. The maximum Gasteiger partial charge on any atom is 0.279 e. The molecular weight excluding hydrogens is 368 g/mol. The average Bonchev–Trinajstić information content (AvgIpc) is 3.26. The highest BCUT2D eigenvalue weighted by Crippen LogP contribution is 2.59. The van der Waals surface area contributed by atoms with Crippen LogP contribution in [0.5, 0.6) is 5.75 Å². The molecule has 29 heavy (non-hydrogen) atoms. The summed E-state index contributed by atoms with van der Waals surface area (Å²) in [5.41, 5.74) is 7.11. The zero-order chi connectivity index (χ0) is 21.0. The van der Waals surface area contributed by atoms with Gasteiger partial charge in [0.25, 0.3) is 17.7 Å². The summed E-state index contributed by atoms with van der Waals surface area (Å²) in [6.45, 7) is 9.65. The van der Waals surface area contributed by atoms with E-state index in [9.17, 15) is 14.4 Å². The zero-order valence-corrected chi connectivity index (χ0v) is 17.6. The standard InChI is InChI=1S/C23H28N2O4/c1-11(2)18-16-6-7-17(18)20-19(16)22(27)25(23(20)28)24-21(26)14(5)29-15-9-12(3)8-13(4)10-15/h8-10,14,16-17,19-20H,6-7H2,1-5H3,(H,24,26)/t14-,16-,17+,19+,20+/m1/s1. The van der Waals surface area contributed by atoms with Crippen LogP contribution in [0.1, 0.15) is 44.7 Å². The summed E-state index contributed by atoms with van der Waals surface area (Å²) in [5.74, 6) is -0.859. The molecule has 0 radical (unpaired) electrons. The van der Waals surface area contributed by atoms with Crippen molar-refractivity contribution in [3.8, 4) is 5.75 Å². The molecule has 0 aromatic heterocycles. The van der Waals surface area contributed by atoms with Crippen LogP contribution >= 0.6 is 0 Å². The van der Waals surface area contributed by atoms with E-state index in [-0.39, 0.29) is 35.5 Å². The average molecular weight is 396 g/mol. The number of allylic oxidation sites excluding steroid dienone is 2. The van der Waals surface area contributed by atoms with E-state index in [2.05, 4.69) is 19.3 Å². The van der Waals surface area contributed by atoms with Crippen molar-refractivity contribution in [3.05, 3.63) is 40.5 Å². The topological polar surface area (TPSA) is 75.7 Å². The van der Waals surface area contributed by atoms with Crippen molar-refractivity contribution in [2.45, 2.75) is 53.6 Å². The quantitative estimate of drug-likeness (QED) is 0.627. The summed E-state index contributed by atoms with van der Waals surface area (Å²) in [5, 5.41) is 0.951. The Bertz CT molecular complexity index is 879. The number of nitrogens with one attached hydrogen (secondary N) is 1. The van der Waals surface area contributed by atoms with E-state index in [1.54, 1.807) is 6.92 Å². The van der Waals surface area contributed by atoms with Gasteiger partial charge in [-0.15, -0.1) is 0 Å². The lowest BCUT2D eigenvalue weighted by atomic mass is 9.81. The molecule has 2 saturated carbocycles. The van der Waals surface area contributed by atoms with Gasteiger partial charge in [-0.05, 0) is 82.6 Å². The molecule has 3 amide bonds. The summed E-state index contributed by atoms with van der Waals surface area (Å²) >= 11 is 0. The first-order valence-electron chi connectivity index (χ1n) is 10.3. The van der Waals surface area contributed by atoms with Crippen LogP contribution in [0.15, 0.2) is 29.3 Å². The van der Waals surface area contributed by atoms with Gasteiger partial charge < -0.3 is 4.74 Å². The van der Waals surface area contributed by atoms with Gasteiger partial charge in [0, 0.05) is 0 Å². The van der Waals surface area contributed by atoms with E-state index in [4.69, 9.17) is 4.74 Å². The van der Waals surface area contributed by atoms with Crippen molar-refractivity contribution in [1.29, 1.82) is 0 Å². The predicted octanol–water partition coefficient (Wildman–Crippen LogP) is 3.08. The lowest BCUT2D eigenvalue weighted by Gasteiger charge is -2.22. The minimum absolute atomic E-state index is 0.136. The van der Waals surface area contributed by atoms with Gasteiger partial charge in [-0.25, -0.2) is 0 Å². The summed E-state index contributed by atoms with van der Waals surface area (Å²) in [6.07, 6.45) is 1.06. The number of hydrogen-bond donors (Lipinski definition) is 1. The van der Waals surface area contributed by atoms with Gasteiger partial charge in [0.1, 0.15) is 5.75 Å². The zero-order valence-electron chi connectivity index (χ0n) is 17.6. The lowest BCUT2D eigenvalue weighted by molar-refractivity contribution is -0.151. The summed E-state index contributed by atoms with van der Waals surface area (Å²) in [7, 11) is 0. The van der Waals surface area contributed by atoms with E-state index in [1.165, 1.54) is 11.1 Å². The van der Waals surface area contributed by atoms with Gasteiger partial charge in [0.2, 0.25) is 0 Å². The molecule has 4 rings (SSSR count). The molecule has 0 spiro atoms. The molecule has 6 nitrogen and oxygen atoms in total. The fourth-order valence-electron chi connectivity index (χ4n) is 5.56. The molecule has 1 aromatic rings. The Balaban J connectivity index is 1.47. The summed E-state index contributed by atoms with van der Waals surface area (Å²) in [6, 6.07) is 5.73. The smallest absolute Gasteiger partial charge is 0.279 e. The Morgan fingerprint density at radius 1 is 1.03 bits per heavy atom. The number of hydrogen-bond acceptors (Lipinski definition) is 4. The molecule has 6 heteroatoms. The highest BCUT2D eigenvalue weighted by atomic mass is 16.5. The SMILES string of the molecule is CC(C)=C1[C@H]2CC[C@@H]1[C@@H]1C(=O)N(NC(=O)[C@@H](C)Oc3cc(C)cc(C)c3)C(=O)[C@H]12. The molecule has 154 valence electrons. The van der Waals surface area contributed by atoms with Crippen LogP contribution in [0.4, 0.5) is 0 Å². The molecule has 1 N–H and O–H groups in total. The Labute approximate surface area is 171 Å². The van der Waals surface area contributed by atoms with Crippen molar-refractivity contribution >= 4 is 17.7 Å². The van der Waals surface area contributed by atoms with Gasteiger partial charge in [0.15, 0.2) is 6.10 Å². The maximum absolute atomic E-state index is 13.0. The Morgan fingerprint density at radius 2 is 1.55 bits per heavy atom. The largest absolute Gasteiger partial charge is 0.481 e. The highest BCUT2D eigenvalue weighted by Gasteiger charge is 2.63. The van der Waals surface area contributed by atoms with Crippen molar-refractivity contribution in [1.82, 2.24) is 10.4 Å². The number of hydrazine groups is 1. The normalized spacial score (nSPS) is 28.6. The molecule has 3 fully saturated rings. The van der Waals surface area contributed by atoms with E-state index in [0.717, 1.165) is 29.0 Å². The fraction of sp³-hybridized carbons (Fsp3) is 0.522. The number of imide groups is 1. The van der Waals surface area contributed by atoms with Crippen LogP contribution in [0.3, 0.4) is 0 Å². The molecule has 1 saturated heterocycles. The van der Waals surface area contributed by atoms with Crippen molar-refractivity contribution < 1.29 is 19.1 Å². The molecular formula is C23H28N2O4. The highest BCUT2D eigenvalue weighted by molar-refractivity contribution is 6.07. The summed E-state index contributed by atoms with van der Waals surface area (Å²) in [4.78, 5) is 38.6. The fourth-order valence-corrected chi connectivity index (χ4v) is 5.56.